The second kappa shape index (κ2) is 23.9. The number of rotatable bonds is 10. The molecule has 0 bridgehead atoms. The van der Waals surface area contributed by atoms with E-state index in [0.29, 0.717) is 0 Å². The van der Waals surface area contributed by atoms with Gasteiger partial charge < -0.3 is 27.5 Å². The van der Waals surface area contributed by atoms with Crippen molar-refractivity contribution in [2.24, 2.45) is 0 Å². The van der Waals surface area contributed by atoms with E-state index in [9.17, 15) is 0 Å². The highest BCUT2D eigenvalue weighted by Gasteiger charge is 2.36. The fraction of sp³-hybridized carbons (Fsp3) is 0.0309. The third-order valence-corrected chi connectivity index (χ3v) is 21.2. The number of anilines is 6. The molecule has 0 fully saturated rings. The number of hydrogen-bond donors (Lipinski definition) is 0. The highest BCUT2D eigenvalue weighted by Crippen LogP contribution is 2.52. The normalized spacial score (nSPS) is 12.4. The van der Waals surface area contributed by atoms with Crippen molar-refractivity contribution < 1.29 is 17.7 Å². The molecular weight excluding hydrogens is 1260 g/mol. The van der Waals surface area contributed by atoms with Gasteiger partial charge >= 0.3 is 0 Å². The van der Waals surface area contributed by atoms with Gasteiger partial charge in [-0.2, -0.15) is 0 Å². The average Bonchev–Trinajstić information content (AvgIpc) is 1.65. The Labute approximate surface area is 594 Å². The van der Waals surface area contributed by atoms with Gasteiger partial charge in [0.05, 0.1) is 5.69 Å². The molecule has 6 nitrogen and oxygen atoms in total. The minimum atomic E-state index is -0.113. The Bertz CT molecular complexity index is 6390. The van der Waals surface area contributed by atoms with Crippen LogP contribution in [0.3, 0.4) is 0 Å². The second-order valence-electron chi connectivity index (χ2n) is 27.4. The third-order valence-electron chi connectivity index (χ3n) is 21.2. The summed E-state index contributed by atoms with van der Waals surface area (Å²) >= 11 is 0. The minimum Gasteiger partial charge on any atom is -0.455 e. The van der Waals surface area contributed by atoms with Gasteiger partial charge in [-0.15, -0.1) is 0 Å². The van der Waals surface area contributed by atoms with E-state index >= 15 is 0 Å². The Morgan fingerprint density at radius 1 is 0.214 bits per heavy atom. The molecule has 0 radical (unpaired) electrons. The molecule has 1 aliphatic carbocycles. The topological polar surface area (TPSA) is 59.0 Å². The maximum absolute atomic E-state index is 6.42. The van der Waals surface area contributed by atoms with Gasteiger partial charge in [-0.25, -0.2) is 0 Å². The first kappa shape index (κ1) is 59.6. The van der Waals surface area contributed by atoms with Crippen molar-refractivity contribution in [1.82, 2.24) is 0 Å². The molecule has 103 heavy (non-hydrogen) atoms. The molecule has 20 aromatic rings. The van der Waals surface area contributed by atoms with Crippen LogP contribution in [-0.4, -0.2) is 0 Å². The van der Waals surface area contributed by atoms with E-state index in [4.69, 9.17) is 17.7 Å². The van der Waals surface area contributed by atoms with Crippen LogP contribution in [0.15, 0.2) is 370 Å². The maximum atomic E-state index is 6.42. The summed E-state index contributed by atoms with van der Waals surface area (Å²) in [7, 11) is 0. The summed E-state index contributed by atoms with van der Waals surface area (Å²) in [6, 6.07) is 125. The predicted molar refractivity (Wildman–Crippen MR) is 428 cm³/mol. The van der Waals surface area contributed by atoms with Gasteiger partial charge in [0.25, 0.3) is 0 Å². The minimum absolute atomic E-state index is 0.113. The Morgan fingerprint density at radius 3 is 0.913 bits per heavy atom. The molecule has 4 heterocycles. The molecule has 0 unspecified atom stereocenters. The lowest BCUT2D eigenvalue weighted by atomic mass is 9.82. The van der Waals surface area contributed by atoms with Crippen LogP contribution in [0.25, 0.3) is 154 Å². The Kier molecular flexibility index (Phi) is 13.8. The van der Waals surface area contributed by atoms with Gasteiger partial charge in [0.2, 0.25) is 0 Å². The fourth-order valence-corrected chi connectivity index (χ4v) is 16.2. The zero-order valence-corrected chi connectivity index (χ0v) is 56.5. The lowest BCUT2D eigenvalue weighted by Crippen LogP contribution is -2.16. The molecule has 4 aromatic heterocycles. The summed E-state index contributed by atoms with van der Waals surface area (Å²) in [5.74, 6) is 0. The summed E-state index contributed by atoms with van der Waals surface area (Å²) in [6.07, 6.45) is 0. The molecule has 1 aliphatic rings. The third kappa shape index (κ3) is 9.85. The van der Waals surface area contributed by atoms with Gasteiger partial charge in [0.15, 0.2) is 0 Å². The van der Waals surface area contributed by atoms with Crippen LogP contribution in [0.1, 0.15) is 25.0 Å². The molecule has 0 N–H and O–H groups in total. The number of para-hydroxylation sites is 8. The summed E-state index contributed by atoms with van der Waals surface area (Å²) < 4.78 is 25.6. The summed E-state index contributed by atoms with van der Waals surface area (Å²) in [4.78, 5) is 4.72. The maximum Gasteiger partial charge on any atom is 0.143 e. The van der Waals surface area contributed by atoms with E-state index in [1.54, 1.807) is 0 Å². The molecule has 0 amide bonds. The summed E-state index contributed by atoms with van der Waals surface area (Å²) in [5, 5.41) is 11.5. The number of benzene rings is 16. The lowest BCUT2D eigenvalue weighted by molar-refractivity contribution is 0.660. The Balaban J connectivity index is 0.000000138. The van der Waals surface area contributed by atoms with Gasteiger partial charge in [-0.3, -0.25) is 0 Å². The molecule has 21 rings (SSSR count). The van der Waals surface area contributed by atoms with Crippen molar-refractivity contribution in [3.63, 3.8) is 0 Å². The first-order valence-electron chi connectivity index (χ1n) is 35.2. The van der Waals surface area contributed by atoms with Crippen molar-refractivity contribution >= 4 is 133 Å². The van der Waals surface area contributed by atoms with Crippen molar-refractivity contribution in [2.75, 3.05) is 9.80 Å². The van der Waals surface area contributed by atoms with Crippen LogP contribution in [-0.2, 0) is 5.41 Å². The standard InChI is InChI=1S/C51H35NO2.C46H29NO2/c1-51(2)45-18-6-3-11-39(45)40-30-29-36(31-46(40)51)52(34-25-21-32(22-26-34)37-14-9-16-43-41-12-4-7-19-47(41)53-49(37)43)35-27-23-33(24-28-35)38-15-10-17-44-42-13-5-8-20-48(42)54-50(38)44;1-2-12-35-30(10-1)11-7-19-42(35)47(33-26-22-31(23-27-33)36-15-8-17-40-38-13-3-5-20-43(38)48-45(36)40)34-28-24-32(25-29-34)37-16-9-18-41-39-14-4-6-21-44(39)49-46(37)41/h3-31H,1-2H3;1-29H. The van der Waals surface area contributed by atoms with Gasteiger partial charge in [-0.1, -0.05) is 275 Å². The van der Waals surface area contributed by atoms with Crippen LogP contribution < -0.4 is 9.80 Å². The van der Waals surface area contributed by atoms with Crippen molar-refractivity contribution in [3.8, 4) is 55.6 Å². The summed E-state index contributed by atoms with van der Waals surface area (Å²) in [6.45, 7) is 4.68. The molecule has 0 atom stereocenters. The van der Waals surface area contributed by atoms with Crippen molar-refractivity contribution in [1.29, 1.82) is 0 Å². The Morgan fingerprint density at radius 2 is 0.505 bits per heavy atom. The van der Waals surface area contributed by atoms with Crippen LogP contribution in [0.4, 0.5) is 34.1 Å². The van der Waals surface area contributed by atoms with E-state index in [0.717, 1.165) is 166 Å². The molecule has 0 saturated carbocycles. The second-order valence-corrected chi connectivity index (χ2v) is 27.4. The Hall–Kier alpha value is -13.4. The van der Waals surface area contributed by atoms with E-state index in [1.807, 2.05) is 48.5 Å². The first-order chi connectivity index (χ1) is 50.8. The highest BCUT2D eigenvalue weighted by molar-refractivity contribution is 6.13. The highest BCUT2D eigenvalue weighted by atomic mass is 16.3. The molecule has 486 valence electrons. The SMILES string of the molecule is CC1(C)c2ccccc2-c2ccc(N(c3ccc(-c4cccc5c4oc4ccccc45)cc3)c3ccc(-c4cccc5c4oc4ccccc45)cc3)cc21.c1ccc2c(N(c3ccc(-c4cccc5c4oc4ccccc45)cc3)c3ccc(-c4cccc5c4oc4ccccc45)cc3)cccc2c1. The van der Waals surface area contributed by atoms with Gasteiger partial charge in [-0.05, 0) is 141 Å². The van der Waals surface area contributed by atoms with E-state index in [-0.39, 0.29) is 5.41 Å². The lowest BCUT2D eigenvalue weighted by Gasteiger charge is -2.28. The van der Waals surface area contributed by atoms with Crippen LogP contribution >= 0.6 is 0 Å². The molecular formula is C97H64N2O4. The molecule has 0 aliphatic heterocycles. The molecule has 16 aromatic carbocycles. The zero-order valence-electron chi connectivity index (χ0n) is 56.5. The number of fused-ring (bicyclic) bond motifs is 16. The predicted octanol–water partition coefficient (Wildman–Crippen LogP) is 28.0. The summed E-state index contributed by atoms with van der Waals surface area (Å²) in [5.41, 5.74) is 27.9. The van der Waals surface area contributed by atoms with Crippen LogP contribution in [0.5, 0.6) is 0 Å². The number of furan rings is 4. The average molecular weight is 1320 g/mol. The first-order valence-corrected chi connectivity index (χ1v) is 35.2. The molecule has 0 saturated heterocycles. The van der Waals surface area contributed by atoms with E-state index in [2.05, 4.69) is 327 Å². The van der Waals surface area contributed by atoms with Crippen LogP contribution in [0, 0.1) is 0 Å². The number of nitrogens with zero attached hydrogens (tertiary/aromatic N) is 2. The van der Waals surface area contributed by atoms with Gasteiger partial charge in [0, 0.05) is 105 Å². The smallest absolute Gasteiger partial charge is 0.143 e. The van der Waals surface area contributed by atoms with E-state index in [1.165, 1.54) is 33.0 Å². The monoisotopic (exact) mass is 1320 g/mol. The van der Waals surface area contributed by atoms with Crippen LogP contribution in [0.2, 0.25) is 0 Å². The van der Waals surface area contributed by atoms with Crippen molar-refractivity contribution in [2.45, 2.75) is 19.3 Å². The molecule has 0 spiro atoms. The number of hydrogen-bond acceptors (Lipinski definition) is 6. The van der Waals surface area contributed by atoms with E-state index < -0.39 is 0 Å². The van der Waals surface area contributed by atoms with Crippen molar-refractivity contribution in [3.05, 3.63) is 363 Å². The van der Waals surface area contributed by atoms with Gasteiger partial charge in [0.1, 0.15) is 44.7 Å². The largest absolute Gasteiger partial charge is 0.455 e. The fourth-order valence-electron chi connectivity index (χ4n) is 16.2. The quantitative estimate of drug-likeness (QED) is 0.136. The zero-order chi connectivity index (χ0) is 68.3. The molecule has 6 heteroatoms.